The minimum atomic E-state index is 0.0985. The second-order valence-electron chi connectivity index (χ2n) is 4.44. The Morgan fingerprint density at radius 2 is 2.18 bits per heavy atom. The van der Waals surface area contributed by atoms with Crippen LogP contribution in [0.4, 0.5) is 0 Å². The molecule has 0 aliphatic rings. The van der Waals surface area contributed by atoms with Crippen LogP contribution >= 0.6 is 11.6 Å². The van der Waals surface area contributed by atoms with Gasteiger partial charge in [0.1, 0.15) is 5.82 Å². The summed E-state index contributed by atoms with van der Waals surface area (Å²) in [6.45, 7) is 4.96. The summed E-state index contributed by atoms with van der Waals surface area (Å²) in [5.41, 5.74) is 3.27. The standard InChI is InChI=1S/C13H17ClN2O/c1-9(2)10-3-4-12-11(7-10)15-13(8-14)16(12)5-6-17/h3-4,7,9,17H,5-6,8H2,1-2H3. The van der Waals surface area contributed by atoms with E-state index in [2.05, 4.69) is 37.0 Å². The van der Waals surface area contributed by atoms with E-state index in [1.54, 1.807) is 0 Å². The summed E-state index contributed by atoms with van der Waals surface area (Å²) in [6.07, 6.45) is 0. The number of benzene rings is 1. The molecule has 92 valence electrons. The molecule has 0 saturated carbocycles. The van der Waals surface area contributed by atoms with E-state index in [1.807, 2.05) is 4.57 Å². The molecule has 0 aliphatic heterocycles. The summed E-state index contributed by atoms with van der Waals surface area (Å²) in [5, 5.41) is 9.07. The second kappa shape index (κ2) is 5.07. The molecule has 0 radical (unpaired) electrons. The maximum atomic E-state index is 9.07. The normalized spacial score (nSPS) is 11.6. The molecule has 1 aromatic heterocycles. The number of fused-ring (bicyclic) bond motifs is 1. The zero-order valence-corrected chi connectivity index (χ0v) is 10.9. The van der Waals surface area contributed by atoms with E-state index in [-0.39, 0.29) is 6.61 Å². The zero-order chi connectivity index (χ0) is 12.4. The van der Waals surface area contributed by atoms with Crippen LogP contribution in [-0.2, 0) is 12.4 Å². The molecule has 1 N–H and O–H groups in total. The van der Waals surface area contributed by atoms with Crippen LogP contribution in [0.3, 0.4) is 0 Å². The number of aromatic nitrogens is 2. The van der Waals surface area contributed by atoms with E-state index in [0.29, 0.717) is 18.3 Å². The molecular weight excluding hydrogens is 236 g/mol. The third-order valence-electron chi connectivity index (χ3n) is 2.96. The Labute approximate surface area is 106 Å². The number of hydrogen-bond donors (Lipinski definition) is 1. The molecule has 0 fully saturated rings. The fraction of sp³-hybridized carbons (Fsp3) is 0.462. The van der Waals surface area contributed by atoms with Crippen molar-refractivity contribution in [3.8, 4) is 0 Å². The van der Waals surface area contributed by atoms with E-state index >= 15 is 0 Å². The van der Waals surface area contributed by atoms with E-state index in [4.69, 9.17) is 16.7 Å². The van der Waals surface area contributed by atoms with Crippen molar-refractivity contribution in [3.05, 3.63) is 29.6 Å². The first kappa shape index (κ1) is 12.4. The molecule has 2 aromatic rings. The van der Waals surface area contributed by atoms with Crippen molar-refractivity contribution in [2.75, 3.05) is 6.61 Å². The zero-order valence-electron chi connectivity index (χ0n) is 10.2. The van der Waals surface area contributed by atoms with Gasteiger partial charge in [0, 0.05) is 6.54 Å². The largest absolute Gasteiger partial charge is 0.395 e. The topological polar surface area (TPSA) is 38.0 Å². The molecule has 0 saturated heterocycles. The summed E-state index contributed by atoms with van der Waals surface area (Å²) in [4.78, 5) is 4.51. The minimum Gasteiger partial charge on any atom is -0.395 e. The molecule has 0 aliphatic carbocycles. The quantitative estimate of drug-likeness (QED) is 0.850. The molecule has 0 unspecified atom stereocenters. The minimum absolute atomic E-state index is 0.0985. The van der Waals surface area contributed by atoms with Crippen LogP contribution in [0.1, 0.15) is 31.2 Å². The lowest BCUT2D eigenvalue weighted by Crippen LogP contribution is -2.05. The summed E-state index contributed by atoms with van der Waals surface area (Å²) < 4.78 is 1.98. The first-order valence-electron chi connectivity index (χ1n) is 5.83. The van der Waals surface area contributed by atoms with Gasteiger partial charge < -0.3 is 9.67 Å². The highest BCUT2D eigenvalue weighted by molar-refractivity contribution is 6.16. The van der Waals surface area contributed by atoms with Crippen molar-refractivity contribution in [2.45, 2.75) is 32.2 Å². The molecule has 1 heterocycles. The third-order valence-corrected chi connectivity index (χ3v) is 3.20. The van der Waals surface area contributed by atoms with Crippen LogP contribution in [-0.4, -0.2) is 21.3 Å². The number of nitrogens with zero attached hydrogens (tertiary/aromatic N) is 2. The molecule has 17 heavy (non-hydrogen) atoms. The smallest absolute Gasteiger partial charge is 0.124 e. The van der Waals surface area contributed by atoms with Crippen molar-refractivity contribution >= 4 is 22.6 Å². The average molecular weight is 253 g/mol. The predicted molar refractivity (Wildman–Crippen MR) is 70.5 cm³/mol. The number of hydrogen-bond acceptors (Lipinski definition) is 2. The van der Waals surface area contributed by atoms with Crippen LogP contribution < -0.4 is 0 Å². The number of alkyl halides is 1. The van der Waals surface area contributed by atoms with Crippen molar-refractivity contribution in [2.24, 2.45) is 0 Å². The molecule has 0 atom stereocenters. The highest BCUT2D eigenvalue weighted by Gasteiger charge is 2.10. The Kier molecular flexibility index (Phi) is 3.69. The molecule has 2 rings (SSSR count). The van der Waals surface area contributed by atoms with E-state index in [1.165, 1.54) is 5.56 Å². The molecule has 0 amide bonds. The Hall–Kier alpha value is -1.06. The predicted octanol–water partition coefficient (Wildman–Crippen LogP) is 2.89. The van der Waals surface area contributed by atoms with Gasteiger partial charge in [-0.2, -0.15) is 0 Å². The number of aliphatic hydroxyl groups excluding tert-OH is 1. The van der Waals surface area contributed by atoms with Gasteiger partial charge in [0.25, 0.3) is 0 Å². The highest BCUT2D eigenvalue weighted by Crippen LogP contribution is 2.22. The maximum Gasteiger partial charge on any atom is 0.124 e. The molecule has 0 bridgehead atoms. The van der Waals surface area contributed by atoms with Crippen molar-refractivity contribution in [1.82, 2.24) is 9.55 Å². The first-order chi connectivity index (χ1) is 8.17. The Morgan fingerprint density at radius 1 is 1.41 bits per heavy atom. The number of aliphatic hydroxyl groups is 1. The molecule has 4 heteroatoms. The molecule has 1 aromatic carbocycles. The Balaban J connectivity index is 2.57. The van der Waals surface area contributed by atoms with Gasteiger partial charge in [-0.25, -0.2) is 4.98 Å². The number of halogens is 1. The number of rotatable bonds is 4. The van der Waals surface area contributed by atoms with Gasteiger partial charge in [-0.15, -0.1) is 11.6 Å². The molecular formula is C13H17ClN2O. The fourth-order valence-corrected chi connectivity index (χ4v) is 2.21. The summed E-state index contributed by atoms with van der Waals surface area (Å²) in [5.74, 6) is 1.67. The van der Waals surface area contributed by atoms with Crippen molar-refractivity contribution in [3.63, 3.8) is 0 Å². The van der Waals surface area contributed by atoms with Gasteiger partial charge in [0.15, 0.2) is 0 Å². The van der Waals surface area contributed by atoms with Crippen LogP contribution in [0.15, 0.2) is 18.2 Å². The first-order valence-corrected chi connectivity index (χ1v) is 6.36. The van der Waals surface area contributed by atoms with Crippen molar-refractivity contribution < 1.29 is 5.11 Å². The summed E-state index contributed by atoms with van der Waals surface area (Å²) >= 11 is 5.88. The van der Waals surface area contributed by atoms with Crippen LogP contribution in [0, 0.1) is 0 Å². The van der Waals surface area contributed by atoms with Crippen LogP contribution in [0.5, 0.6) is 0 Å². The molecule has 3 nitrogen and oxygen atoms in total. The van der Waals surface area contributed by atoms with Gasteiger partial charge >= 0.3 is 0 Å². The monoisotopic (exact) mass is 252 g/mol. The van der Waals surface area contributed by atoms with Crippen LogP contribution in [0.25, 0.3) is 11.0 Å². The van der Waals surface area contributed by atoms with Crippen molar-refractivity contribution in [1.29, 1.82) is 0 Å². The SMILES string of the molecule is CC(C)c1ccc2c(c1)nc(CCl)n2CCO. The van der Waals surface area contributed by atoms with Gasteiger partial charge in [-0.3, -0.25) is 0 Å². The summed E-state index contributed by atoms with van der Waals surface area (Å²) in [6, 6.07) is 6.27. The third kappa shape index (κ3) is 2.31. The van der Waals surface area contributed by atoms with Gasteiger partial charge in [-0.1, -0.05) is 19.9 Å². The molecule has 0 spiro atoms. The maximum absolute atomic E-state index is 9.07. The summed E-state index contributed by atoms with van der Waals surface area (Å²) in [7, 11) is 0. The lowest BCUT2D eigenvalue weighted by molar-refractivity contribution is 0.276. The van der Waals surface area contributed by atoms with E-state index < -0.39 is 0 Å². The van der Waals surface area contributed by atoms with E-state index in [0.717, 1.165) is 16.9 Å². The van der Waals surface area contributed by atoms with Gasteiger partial charge in [0.05, 0.1) is 23.5 Å². The average Bonchev–Trinajstić information content (AvgIpc) is 2.67. The second-order valence-corrected chi connectivity index (χ2v) is 4.71. The van der Waals surface area contributed by atoms with Crippen LogP contribution in [0.2, 0.25) is 0 Å². The van der Waals surface area contributed by atoms with Gasteiger partial charge in [0.2, 0.25) is 0 Å². The lowest BCUT2D eigenvalue weighted by Gasteiger charge is -2.07. The van der Waals surface area contributed by atoms with E-state index in [9.17, 15) is 0 Å². The highest BCUT2D eigenvalue weighted by atomic mass is 35.5. The number of imidazole rings is 1. The lowest BCUT2D eigenvalue weighted by atomic mass is 10.0. The fourth-order valence-electron chi connectivity index (χ4n) is 2.01. The van der Waals surface area contributed by atoms with Gasteiger partial charge in [-0.05, 0) is 23.6 Å². The Bertz CT molecular complexity index is 519. The Morgan fingerprint density at radius 3 is 2.76 bits per heavy atom.